The van der Waals surface area contributed by atoms with Crippen molar-refractivity contribution in [3.8, 4) is 0 Å². The molecule has 1 atom stereocenters. The van der Waals surface area contributed by atoms with Crippen molar-refractivity contribution in [1.29, 1.82) is 0 Å². The van der Waals surface area contributed by atoms with Crippen LogP contribution in [0.1, 0.15) is 57.7 Å². The maximum atomic E-state index is 12.2. The van der Waals surface area contributed by atoms with Crippen molar-refractivity contribution in [3.05, 3.63) is 81.8 Å². The van der Waals surface area contributed by atoms with E-state index in [-0.39, 0.29) is 24.5 Å². The summed E-state index contributed by atoms with van der Waals surface area (Å²) in [6.07, 6.45) is 1.86. The van der Waals surface area contributed by atoms with Gasteiger partial charge in [-0.25, -0.2) is 0 Å². The third-order valence-corrected chi connectivity index (χ3v) is 7.23. The van der Waals surface area contributed by atoms with E-state index < -0.39 is 12.0 Å². The molecule has 2 aromatic carbocycles. The maximum Gasteiger partial charge on any atom is 0.234 e. The van der Waals surface area contributed by atoms with E-state index in [9.17, 15) is 19.5 Å². The Labute approximate surface area is 227 Å². The number of carbonyl (C=O) groups is 3. The number of Topliss-reactive ketones (excluding diaryl/α,β-unsaturated/α-hetero) is 1. The van der Waals surface area contributed by atoms with Gasteiger partial charge in [0.1, 0.15) is 10.0 Å². The monoisotopic (exact) mass is 550 g/mol. The lowest BCUT2D eigenvalue weighted by atomic mass is 10.1. The van der Waals surface area contributed by atoms with Gasteiger partial charge in [-0.3, -0.25) is 14.4 Å². The second kappa shape index (κ2) is 13.6. The zero-order chi connectivity index (χ0) is 26.7. The molecule has 196 valence electrons. The molecule has 2 amide bonds. The number of nitrogens with one attached hydrogen (secondary N) is 2. The van der Waals surface area contributed by atoms with Gasteiger partial charge in [-0.2, -0.15) is 0 Å². The predicted molar refractivity (Wildman–Crippen MR) is 145 cm³/mol. The summed E-state index contributed by atoms with van der Waals surface area (Å²) in [5.74, 6) is -1.00. The standard InChI is InChI=1S/C26H26N6O4S2/c33-19(17-9-3-1-4-10-17)15-21(35)27-25-31-29-23(37-25)13-7-8-14-24-30-32-26(38-24)28-22(36)16-20(34)18-11-5-2-6-12-18/h1-6,9-12,19,33H,7-8,13-16H2,(H,27,31,35)(H,28,32,36)/t19-/m1/s1. The molecule has 12 heteroatoms. The van der Waals surface area contributed by atoms with Gasteiger partial charge in [0.05, 0.1) is 18.9 Å². The van der Waals surface area contributed by atoms with Crippen LogP contribution in [0.15, 0.2) is 60.7 Å². The molecule has 0 aliphatic carbocycles. The highest BCUT2D eigenvalue weighted by Crippen LogP contribution is 2.22. The van der Waals surface area contributed by atoms with Gasteiger partial charge in [0.15, 0.2) is 5.78 Å². The average molecular weight is 551 g/mol. The SMILES string of the molecule is O=C(CC(=O)c1ccccc1)Nc1nnc(CCCCc2nnc(NC(=O)C[C@@H](O)c3ccccc3)s2)s1. The van der Waals surface area contributed by atoms with E-state index in [0.717, 1.165) is 22.9 Å². The molecule has 2 aromatic heterocycles. The molecule has 38 heavy (non-hydrogen) atoms. The van der Waals surface area contributed by atoms with Gasteiger partial charge in [0, 0.05) is 18.4 Å². The summed E-state index contributed by atoms with van der Waals surface area (Å²) < 4.78 is 0. The number of unbranched alkanes of at least 4 members (excludes halogenated alkanes) is 1. The lowest BCUT2D eigenvalue weighted by Gasteiger charge is -2.09. The number of rotatable bonds is 13. The van der Waals surface area contributed by atoms with Crippen LogP contribution in [0.4, 0.5) is 10.3 Å². The summed E-state index contributed by atoms with van der Waals surface area (Å²) in [5.41, 5.74) is 1.18. The van der Waals surface area contributed by atoms with Gasteiger partial charge in [-0.15, -0.1) is 20.4 Å². The lowest BCUT2D eigenvalue weighted by Crippen LogP contribution is -2.16. The van der Waals surface area contributed by atoms with Crippen molar-refractivity contribution >= 4 is 50.5 Å². The Balaban J connectivity index is 1.14. The molecular weight excluding hydrogens is 524 g/mol. The second-order valence-corrected chi connectivity index (χ2v) is 10.5. The van der Waals surface area contributed by atoms with Crippen molar-refractivity contribution in [3.63, 3.8) is 0 Å². The van der Waals surface area contributed by atoms with Gasteiger partial charge >= 0.3 is 0 Å². The van der Waals surface area contributed by atoms with Crippen molar-refractivity contribution < 1.29 is 19.5 Å². The number of hydrogen-bond acceptors (Lipinski definition) is 10. The van der Waals surface area contributed by atoms with Crippen LogP contribution in [-0.2, 0) is 22.4 Å². The summed E-state index contributed by atoms with van der Waals surface area (Å²) in [6, 6.07) is 17.7. The number of carbonyl (C=O) groups excluding carboxylic acids is 3. The van der Waals surface area contributed by atoms with Gasteiger partial charge in [-0.1, -0.05) is 83.3 Å². The van der Waals surface area contributed by atoms with E-state index in [0.29, 0.717) is 34.2 Å². The van der Waals surface area contributed by atoms with Gasteiger partial charge in [0.25, 0.3) is 0 Å². The second-order valence-electron chi connectivity index (χ2n) is 8.40. The van der Waals surface area contributed by atoms with Crippen molar-refractivity contribution in [2.75, 3.05) is 10.6 Å². The Bertz CT molecular complexity index is 1360. The molecule has 0 spiro atoms. The first kappa shape index (κ1) is 27.2. The van der Waals surface area contributed by atoms with E-state index >= 15 is 0 Å². The topological polar surface area (TPSA) is 147 Å². The molecule has 4 aromatic rings. The summed E-state index contributed by atoms with van der Waals surface area (Å²) in [7, 11) is 0. The van der Waals surface area contributed by atoms with Gasteiger partial charge < -0.3 is 15.7 Å². The molecule has 0 aliphatic rings. The molecule has 0 fully saturated rings. The van der Waals surface area contributed by atoms with Crippen molar-refractivity contribution in [2.24, 2.45) is 0 Å². The van der Waals surface area contributed by atoms with E-state index in [1.165, 1.54) is 22.7 Å². The first-order chi connectivity index (χ1) is 18.5. The fourth-order valence-electron chi connectivity index (χ4n) is 3.54. The van der Waals surface area contributed by atoms with Crippen LogP contribution >= 0.6 is 22.7 Å². The Morgan fingerprint density at radius 1 is 0.737 bits per heavy atom. The number of benzene rings is 2. The summed E-state index contributed by atoms with van der Waals surface area (Å²) in [4.78, 5) is 36.5. The number of ketones is 1. The summed E-state index contributed by atoms with van der Waals surface area (Å²) in [5, 5.41) is 34.1. The van der Waals surface area contributed by atoms with Crippen molar-refractivity contribution in [2.45, 2.75) is 44.6 Å². The fraction of sp³-hybridized carbons (Fsp3) is 0.269. The average Bonchev–Trinajstić information content (AvgIpc) is 3.56. The third kappa shape index (κ3) is 8.33. The molecule has 3 N–H and O–H groups in total. The molecule has 0 radical (unpaired) electrons. The van der Waals surface area contributed by atoms with Crippen LogP contribution in [0.5, 0.6) is 0 Å². The number of hydrogen-bond donors (Lipinski definition) is 3. The lowest BCUT2D eigenvalue weighted by molar-refractivity contribution is -0.118. The van der Waals surface area contributed by atoms with Gasteiger partial charge in [0.2, 0.25) is 22.1 Å². The smallest absolute Gasteiger partial charge is 0.234 e. The number of amides is 2. The van der Waals surface area contributed by atoms with E-state index in [1.54, 1.807) is 36.4 Å². The maximum absolute atomic E-state index is 12.2. The molecule has 0 bridgehead atoms. The molecule has 2 heterocycles. The highest BCUT2D eigenvalue weighted by molar-refractivity contribution is 7.15. The normalized spacial score (nSPS) is 11.6. The van der Waals surface area contributed by atoms with Gasteiger partial charge in [-0.05, 0) is 18.4 Å². The first-order valence-corrected chi connectivity index (χ1v) is 13.7. The highest BCUT2D eigenvalue weighted by atomic mass is 32.1. The number of anilines is 2. The fourth-order valence-corrected chi connectivity index (χ4v) is 5.13. The molecule has 10 nitrogen and oxygen atoms in total. The largest absolute Gasteiger partial charge is 0.388 e. The molecule has 0 saturated heterocycles. The van der Waals surface area contributed by atoms with E-state index in [1.807, 2.05) is 24.3 Å². The number of aliphatic hydroxyl groups excluding tert-OH is 1. The minimum absolute atomic E-state index is 0.0629. The van der Waals surface area contributed by atoms with Crippen molar-refractivity contribution in [1.82, 2.24) is 20.4 Å². The number of aryl methyl sites for hydroxylation is 2. The zero-order valence-corrected chi connectivity index (χ0v) is 22.0. The zero-order valence-electron chi connectivity index (χ0n) is 20.4. The molecule has 0 saturated carbocycles. The predicted octanol–water partition coefficient (Wildman–Crippen LogP) is 4.23. The molecular formula is C26H26N6O4S2. The third-order valence-electron chi connectivity index (χ3n) is 5.44. The van der Waals surface area contributed by atoms with Crippen LogP contribution < -0.4 is 10.6 Å². The highest BCUT2D eigenvalue weighted by Gasteiger charge is 2.16. The minimum atomic E-state index is -0.880. The Hall–Kier alpha value is -3.87. The summed E-state index contributed by atoms with van der Waals surface area (Å²) in [6.45, 7) is 0. The van der Waals surface area contributed by atoms with Crippen LogP contribution in [0.2, 0.25) is 0 Å². The van der Waals surface area contributed by atoms with Crippen LogP contribution in [0.25, 0.3) is 0 Å². The van der Waals surface area contributed by atoms with Crippen LogP contribution in [0.3, 0.4) is 0 Å². The molecule has 0 unspecified atom stereocenters. The Kier molecular flexibility index (Phi) is 9.73. The Morgan fingerprint density at radius 3 is 1.84 bits per heavy atom. The van der Waals surface area contributed by atoms with E-state index in [4.69, 9.17) is 0 Å². The number of aliphatic hydroxyl groups is 1. The van der Waals surface area contributed by atoms with Crippen LogP contribution in [0, 0.1) is 0 Å². The molecule has 4 rings (SSSR count). The molecule has 0 aliphatic heterocycles. The summed E-state index contributed by atoms with van der Waals surface area (Å²) >= 11 is 2.59. The quantitative estimate of drug-likeness (QED) is 0.127. The number of nitrogens with zero attached hydrogens (tertiary/aromatic N) is 4. The Morgan fingerprint density at radius 2 is 1.26 bits per heavy atom. The van der Waals surface area contributed by atoms with Crippen LogP contribution in [-0.4, -0.2) is 43.1 Å². The first-order valence-electron chi connectivity index (χ1n) is 12.0. The number of aromatic nitrogens is 4. The van der Waals surface area contributed by atoms with E-state index in [2.05, 4.69) is 31.0 Å². The minimum Gasteiger partial charge on any atom is -0.388 e.